The van der Waals surface area contributed by atoms with Gasteiger partial charge in [0.05, 0.1) is 11.0 Å². The molecule has 0 unspecified atom stereocenters. The smallest absolute Gasteiger partial charge is 0.0547 e. The highest BCUT2D eigenvalue weighted by molar-refractivity contribution is 6.22. The molecular weight excluding hydrogens is 641 g/mol. The first kappa shape index (κ1) is 29.8. The maximum atomic E-state index is 2.46. The Bertz CT molecular complexity index is 3010. The second-order valence-electron chi connectivity index (χ2n) is 14.2. The van der Waals surface area contributed by atoms with Crippen molar-refractivity contribution in [3.8, 4) is 27.9 Å². The number of hydrogen-bond acceptors (Lipinski definition) is 1. The van der Waals surface area contributed by atoms with Gasteiger partial charge in [-0.3, -0.25) is 0 Å². The minimum Gasteiger partial charge on any atom is -0.310 e. The van der Waals surface area contributed by atoms with Gasteiger partial charge in [-0.2, -0.15) is 0 Å². The van der Waals surface area contributed by atoms with Gasteiger partial charge >= 0.3 is 0 Å². The van der Waals surface area contributed by atoms with E-state index in [9.17, 15) is 0 Å². The summed E-state index contributed by atoms with van der Waals surface area (Å²) in [5.41, 5.74) is 14.9. The van der Waals surface area contributed by atoms with Crippen molar-refractivity contribution in [1.82, 2.24) is 4.57 Å². The third-order valence-electron chi connectivity index (χ3n) is 11.1. The molecule has 1 aromatic heterocycles. The van der Waals surface area contributed by atoms with Crippen LogP contribution in [0, 0.1) is 0 Å². The van der Waals surface area contributed by atoms with E-state index >= 15 is 0 Å². The molecule has 0 aliphatic heterocycles. The molecule has 0 bridgehead atoms. The number of rotatable bonds is 5. The Kier molecular flexibility index (Phi) is 6.65. The average Bonchev–Trinajstić information content (AvgIpc) is 3.76. The average molecular weight is 675 g/mol. The first-order chi connectivity index (χ1) is 26.3. The van der Waals surface area contributed by atoms with Crippen LogP contribution < -0.4 is 4.90 Å². The molecule has 9 aromatic carbocycles. The van der Waals surface area contributed by atoms with Crippen LogP contribution in [0.15, 0.2) is 194 Å². The third kappa shape index (κ3) is 4.80. The quantitative estimate of drug-likeness (QED) is 0.176. The first-order valence-corrected chi connectivity index (χ1v) is 18.4. The number of nitrogens with zero attached hydrogens (tertiary/aromatic N) is 2. The van der Waals surface area contributed by atoms with Gasteiger partial charge in [-0.1, -0.05) is 127 Å². The summed E-state index contributed by atoms with van der Waals surface area (Å²) in [4.78, 5) is 2.41. The summed E-state index contributed by atoms with van der Waals surface area (Å²) in [6, 6.07) is 71.2. The van der Waals surface area contributed by atoms with Crippen molar-refractivity contribution in [3.05, 3.63) is 205 Å². The van der Waals surface area contributed by atoms with E-state index in [-0.39, 0.29) is 0 Å². The predicted molar refractivity (Wildman–Crippen MR) is 224 cm³/mol. The first-order valence-electron chi connectivity index (χ1n) is 18.4. The van der Waals surface area contributed by atoms with E-state index in [0.29, 0.717) is 0 Å². The molecule has 10 aromatic rings. The summed E-state index contributed by atoms with van der Waals surface area (Å²) in [5.74, 6) is 0. The lowest BCUT2D eigenvalue weighted by molar-refractivity contribution is 1.18. The van der Waals surface area contributed by atoms with Crippen molar-refractivity contribution < 1.29 is 0 Å². The van der Waals surface area contributed by atoms with E-state index in [1.807, 2.05) is 0 Å². The minimum atomic E-state index is 0.985. The topological polar surface area (TPSA) is 8.17 Å². The van der Waals surface area contributed by atoms with Gasteiger partial charge in [0.1, 0.15) is 0 Å². The van der Waals surface area contributed by atoms with E-state index in [0.717, 1.165) is 29.2 Å². The van der Waals surface area contributed by atoms with Gasteiger partial charge in [0.25, 0.3) is 0 Å². The van der Waals surface area contributed by atoms with Gasteiger partial charge < -0.3 is 9.47 Å². The lowest BCUT2D eigenvalue weighted by Crippen LogP contribution is -2.10. The molecule has 0 spiro atoms. The second kappa shape index (κ2) is 11.8. The maximum Gasteiger partial charge on any atom is 0.0547 e. The van der Waals surface area contributed by atoms with E-state index in [4.69, 9.17) is 0 Å². The monoisotopic (exact) mass is 674 g/mol. The van der Waals surface area contributed by atoms with Crippen LogP contribution in [0.25, 0.3) is 71.3 Å². The minimum absolute atomic E-state index is 0.985. The van der Waals surface area contributed by atoms with Crippen molar-refractivity contribution in [2.75, 3.05) is 4.90 Å². The molecule has 248 valence electrons. The number of aromatic nitrogens is 1. The molecule has 1 aliphatic rings. The van der Waals surface area contributed by atoms with Crippen molar-refractivity contribution in [1.29, 1.82) is 0 Å². The molecule has 2 nitrogen and oxygen atoms in total. The molecule has 2 heteroatoms. The van der Waals surface area contributed by atoms with E-state index in [1.165, 1.54) is 76.7 Å². The summed E-state index contributed by atoms with van der Waals surface area (Å²) in [6.07, 6.45) is 0.985. The van der Waals surface area contributed by atoms with Gasteiger partial charge in [0.2, 0.25) is 0 Å². The Morgan fingerprint density at radius 3 is 1.87 bits per heavy atom. The molecule has 1 heterocycles. The SMILES string of the molecule is c1ccc(-c2ccc(N(c3ccc4ccccc4c3)c3ccc4c(c3)c3c5cc6c(cc5ccc3n4-c3ccccc3)Cc3ccccc3-6)cc2)cc1. The molecule has 0 amide bonds. The fourth-order valence-corrected chi connectivity index (χ4v) is 8.66. The molecule has 0 saturated carbocycles. The Morgan fingerprint density at radius 2 is 1.02 bits per heavy atom. The van der Waals surface area contributed by atoms with Gasteiger partial charge in [-0.15, -0.1) is 0 Å². The number of benzene rings is 9. The Hall–Kier alpha value is -6.90. The molecule has 11 rings (SSSR count). The van der Waals surface area contributed by atoms with Crippen LogP contribution >= 0.6 is 0 Å². The lowest BCUT2D eigenvalue weighted by Gasteiger charge is -2.26. The van der Waals surface area contributed by atoms with Crippen LogP contribution in [-0.2, 0) is 6.42 Å². The van der Waals surface area contributed by atoms with E-state index in [2.05, 4.69) is 204 Å². The molecule has 0 fully saturated rings. The number of anilines is 3. The lowest BCUT2D eigenvalue weighted by atomic mass is 9.97. The van der Waals surface area contributed by atoms with Gasteiger partial charge in [0.15, 0.2) is 0 Å². The molecule has 0 N–H and O–H groups in total. The third-order valence-corrected chi connectivity index (χ3v) is 11.1. The van der Waals surface area contributed by atoms with Gasteiger partial charge in [-0.25, -0.2) is 0 Å². The molecule has 0 saturated heterocycles. The molecule has 0 atom stereocenters. The highest BCUT2D eigenvalue weighted by Gasteiger charge is 2.23. The maximum absolute atomic E-state index is 2.46. The number of para-hydroxylation sites is 1. The summed E-state index contributed by atoms with van der Waals surface area (Å²) < 4.78 is 2.43. The van der Waals surface area contributed by atoms with Gasteiger partial charge in [0, 0.05) is 33.5 Å². The Balaban J connectivity index is 1.18. The molecular formula is C51H34N2. The summed E-state index contributed by atoms with van der Waals surface area (Å²) in [6.45, 7) is 0. The zero-order valence-corrected chi connectivity index (χ0v) is 29.1. The summed E-state index contributed by atoms with van der Waals surface area (Å²) in [5, 5.41) is 7.55. The number of fused-ring (bicyclic) bond motifs is 9. The Labute approximate surface area is 308 Å². The zero-order valence-electron chi connectivity index (χ0n) is 29.1. The molecule has 1 aliphatic carbocycles. The standard InChI is InChI=1S/C51H34N2/c1-3-11-34(12-4-1)36-19-23-42(24-20-36)52(43-25-21-35-13-7-8-14-37(35)31-43)44-26-28-49-48(32-44)51-47-33-46-40(29-38-15-9-10-18-45(38)46)30-39(47)22-27-50(51)53(49)41-16-5-2-6-17-41/h1-28,30-33H,29H2. The fraction of sp³-hybridized carbons (Fsp3) is 0.0196. The zero-order chi connectivity index (χ0) is 34.9. The summed E-state index contributed by atoms with van der Waals surface area (Å²) >= 11 is 0. The van der Waals surface area contributed by atoms with Crippen molar-refractivity contribution in [2.24, 2.45) is 0 Å². The van der Waals surface area contributed by atoms with E-state index < -0.39 is 0 Å². The van der Waals surface area contributed by atoms with Crippen LogP contribution in [0.2, 0.25) is 0 Å². The van der Waals surface area contributed by atoms with E-state index in [1.54, 1.807) is 0 Å². The fourth-order valence-electron chi connectivity index (χ4n) is 8.66. The second-order valence-corrected chi connectivity index (χ2v) is 14.2. The predicted octanol–water partition coefficient (Wildman–Crippen LogP) is 13.8. The van der Waals surface area contributed by atoms with Crippen LogP contribution in [0.4, 0.5) is 17.1 Å². The largest absolute Gasteiger partial charge is 0.310 e. The van der Waals surface area contributed by atoms with Gasteiger partial charge in [-0.05, 0) is 128 Å². The highest BCUT2D eigenvalue weighted by atomic mass is 15.1. The normalized spacial score (nSPS) is 12.1. The number of hydrogen-bond donors (Lipinski definition) is 0. The van der Waals surface area contributed by atoms with Crippen molar-refractivity contribution in [2.45, 2.75) is 6.42 Å². The summed E-state index contributed by atoms with van der Waals surface area (Å²) in [7, 11) is 0. The van der Waals surface area contributed by atoms with Crippen LogP contribution in [0.1, 0.15) is 11.1 Å². The molecule has 53 heavy (non-hydrogen) atoms. The highest BCUT2D eigenvalue weighted by Crippen LogP contribution is 2.45. The van der Waals surface area contributed by atoms with Crippen LogP contribution in [-0.4, -0.2) is 4.57 Å². The van der Waals surface area contributed by atoms with Crippen molar-refractivity contribution in [3.63, 3.8) is 0 Å². The van der Waals surface area contributed by atoms with Crippen LogP contribution in [0.3, 0.4) is 0 Å². The molecule has 0 radical (unpaired) electrons. The van der Waals surface area contributed by atoms with Crippen LogP contribution in [0.5, 0.6) is 0 Å². The van der Waals surface area contributed by atoms with Crippen molar-refractivity contribution >= 4 is 60.4 Å². The Morgan fingerprint density at radius 1 is 0.377 bits per heavy atom.